The minimum Gasteiger partial charge on any atom is -0.509 e. The maximum absolute atomic E-state index is 7.02. The Labute approximate surface area is 455 Å². The van der Waals surface area contributed by atoms with Crippen LogP contribution in [0.25, 0.3) is 38.8 Å². The van der Waals surface area contributed by atoms with Gasteiger partial charge in [-0.05, 0) is 74.5 Å². The standard InChI is InChI=1S/C68H69N4O.Pt/c1-64(2,3)51-39-54(43-56(41-51)73-55-33-34-58-57-31-23-24-32-59(57)72(60(58)44-55)61-42-50(35-36-69-61)67(10,11)48-27-19-15-20-28-48)71-45-70(62(65(4,5)6)63(71)66(7,8)9)53-38-47(46-25-17-14-18-26-46)37-52(40-53)68(12,13)49-29-21-16-22-30-49;/h14-42,45H,1-13H3;/q-3;. The molecule has 380 valence electrons. The zero-order valence-electron chi connectivity index (χ0n) is 45.3. The van der Waals surface area contributed by atoms with Gasteiger partial charge in [-0.1, -0.05) is 211 Å². The largest absolute Gasteiger partial charge is 0.509 e. The van der Waals surface area contributed by atoms with Crippen LogP contribution < -0.4 is 14.5 Å². The molecule has 0 saturated carbocycles. The van der Waals surface area contributed by atoms with Gasteiger partial charge in [-0.25, -0.2) is 4.98 Å². The van der Waals surface area contributed by atoms with Gasteiger partial charge in [0.15, 0.2) is 0 Å². The monoisotopic (exact) mass is 1150 g/mol. The molecule has 2 aromatic heterocycles. The van der Waals surface area contributed by atoms with E-state index in [4.69, 9.17) is 9.72 Å². The minimum atomic E-state index is -0.270. The average Bonchev–Trinajstić information content (AvgIpc) is 3.95. The van der Waals surface area contributed by atoms with E-state index in [1.807, 2.05) is 12.3 Å². The minimum absolute atomic E-state index is 0. The van der Waals surface area contributed by atoms with Crippen molar-refractivity contribution >= 4 is 33.2 Å². The number of pyridine rings is 1. The summed E-state index contributed by atoms with van der Waals surface area (Å²) in [5, 5.41) is 2.22. The molecular weight excluding hydrogens is 1080 g/mol. The molecule has 0 bridgehead atoms. The molecule has 74 heavy (non-hydrogen) atoms. The van der Waals surface area contributed by atoms with Gasteiger partial charge >= 0.3 is 0 Å². The van der Waals surface area contributed by atoms with Gasteiger partial charge in [-0.15, -0.1) is 53.6 Å². The molecule has 0 aliphatic carbocycles. The van der Waals surface area contributed by atoms with Gasteiger partial charge in [0, 0.05) is 83.0 Å². The normalized spacial score (nSPS) is 13.7. The summed E-state index contributed by atoms with van der Waals surface area (Å²) in [7, 11) is 0. The maximum atomic E-state index is 7.02. The van der Waals surface area contributed by atoms with E-state index in [0.29, 0.717) is 11.5 Å². The van der Waals surface area contributed by atoms with Crippen LogP contribution in [-0.2, 0) is 37.3 Å². The number of allylic oxidation sites excluding steroid dienone is 2. The van der Waals surface area contributed by atoms with Crippen molar-refractivity contribution in [3.05, 3.63) is 234 Å². The summed E-state index contributed by atoms with van der Waals surface area (Å²) in [5.41, 5.74) is 13.7. The summed E-state index contributed by atoms with van der Waals surface area (Å²) in [6.07, 6.45) is 1.93. The number of hydrogen-bond donors (Lipinski definition) is 0. The summed E-state index contributed by atoms with van der Waals surface area (Å²) in [6.45, 7) is 32.3. The first kappa shape index (κ1) is 52.2. The summed E-state index contributed by atoms with van der Waals surface area (Å²) >= 11 is 0. The molecule has 0 saturated heterocycles. The maximum Gasteiger partial charge on any atom is 0.135 e. The second kappa shape index (κ2) is 19.5. The summed E-state index contributed by atoms with van der Waals surface area (Å²) < 4.78 is 9.24. The van der Waals surface area contributed by atoms with Crippen molar-refractivity contribution in [2.75, 3.05) is 9.80 Å². The summed E-state index contributed by atoms with van der Waals surface area (Å²) in [5.74, 6) is 2.06. The van der Waals surface area contributed by atoms with Crippen molar-refractivity contribution < 1.29 is 25.8 Å². The zero-order chi connectivity index (χ0) is 51.7. The number of para-hydroxylation sites is 1. The molecule has 0 N–H and O–H groups in total. The molecule has 9 aromatic rings. The Hall–Kier alpha value is -6.68. The topological polar surface area (TPSA) is 33.5 Å². The molecular formula is C68H69N4OPt-3. The van der Waals surface area contributed by atoms with E-state index in [0.717, 1.165) is 44.6 Å². The third-order valence-corrected chi connectivity index (χ3v) is 14.8. The quantitative estimate of drug-likeness (QED) is 0.128. The van der Waals surface area contributed by atoms with Gasteiger partial charge in [-0.3, -0.25) is 0 Å². The number of benzene rings is 7. The third-order valence-electron chi connectivity index (χ3n) is 14.8. The van der Waals surface area contributed by atoms with E-state index < -0.39 is 0 Å². The SMILES string of the molecule is CC(C)(C)C1=C(C(C)(C)C)N(c2cc(-c3ccccc3)cc(C(C)(C)c3ccccc3)c2)[CH-]N1c1[c-]c(Oc2[c-]c3c(cc2)c2ccccc2n3-c2cc(C(C)(C)c3ccccc3)ccn2)cc(C(C)(C)C)c1.[Pt]. The second-order valence-corrected chi connectivity index (χ2v) is 24.0. The van der Waals surface area contributed by atoms with Gasteiger partial charge in [0.2, 0.25) is 0 Å². The van der Waals surface area contributed by atoms with Crippen LogP contribution in [-0.4, -0.2) is 9.55 Å². The number of fused-ring (bicyclic) bond motifs is 3. The van der Waals surface area contributed by atoms with Gasteiger partial charge in [0.1, 0.15) is 5.82 Å². The number of ether oxygens (including phenoxy) is 1. The van der Waals surface area contributed by atoms with Crippen molar-refractivity contribution in [2.45, 2.75) is 106 Å². The van der Waals surface area contributed by atoms with Crippen molar-refractivity contribution in [3.8, 4) is 28.4 Å². The van der Waals surface area contributed by atoms with Gasteiger partial charge in [0.05, 0.1) is 0 Å². The Morgan fingerprint density at radius 2 is 1.03 bits per heavy atom. The predicted octanol–water partition coefficient (Wildman–Crippen LogP) is 17.9. The van der Waals surface area contributed by atoms with Crippen LogP contribution in [0, 0.1) is 29.6 Å². The van der Waals surface area contributed by atoms with E-state index >= 15 is 0 Å². The Bertz CT molecular complexity index is 3510. The first-order valence-electron chi connectivity index (χ1n) is 25.8. The third kappa shape index (κ3) is 9.89. The fourth-order valence-corrected chi connectivity index (χ4v) is 10.6. The van der Waals surface area contributed by atoms with Gasteiger partial charge in [0.25, 0.3) is 0 Å². The predicted molar refractivity (Wildman–Crippen MR) is 306 cm³/mol. The number of aromatic nitrogens is 2. The van der Waals surface area contributed by atoms with Crippen molar-refractivity contribution in [1.29, 1.82) is 0 Å². The molecule has 0 amide bonds. The van der Waals surface area contributed by atoms with E-state index in [9.17, 15) is 0 Å². The van der Waals surface area contributed by atoms with Gasteiger partial charge < -0.3 is 19.1 Å². The van der Waals surface area contributed by atoms with E-state index in [2.05, 4.69) is 287 Å². The Morgan fingerprint density at radius 1 is 0.446 bits per heavy atom. The summed E-state index contributed by atoms with van der Waals surface area (Å²) in [4.78, 5) is 9.82. The van der Waals surface area contributed by atoms with E-state index in [-0.39, 0.29) is 48.1 Å². The zero-order valence-corrected chi connectivity index (χ0v) is 47.6. The van der Waals surface area contributed by atoms with Crippen molar-refractivity contribution in [1.82, 2.24) is 9.55 Å². The Morgan fingerprint density at radius 3 is 1.65 bits per heavy atom. The number of hydrogen-bond acceptors (Lipinski definition) is 4. The first-order chi connectivity index (χ1) is 34.6. The molecule has 10 rings (SSSR count). The molecule has 7 aromatic carbocycles. The second-order valence-electron chi connectivity index (χ2n) is 24.0. The van der Waals surface area contributed by atoms with Crippen LogP contribution >= 0.6 is 0 Å². The molecule has 0 radical (unpaired) electrons. The smallest absolute Gasteiger partial charge is 0.135 e. The molecule has 1 aliphatic heterocycles. The van der Waals surface area contributed by atoms with Crippen molar-refractivity contribution in [3.63, 3.8) is 0 Å². The molecule has 1 aliphatic rings. The van der Waals surface area contributed by atoms with Crippen LogP contribution in [0.4, 0.5) is 11.4 Å². The molecule has 0 unspecified atom stereocenters. The van der Waals surface area contributed by atoms with E-state index in [1.54, 1.807) is 0 Å². The molecule has 0 atom stereocenters. The average molecular weight is 1150 g/mol. The number of anilines is 2. The number of rotatable bonds is 10. The van der Waals surface area contributed by atoms with Crippen LogP contribution in [0.3, 0.4) is 0 Å². The molecule has 0 fully saturated rings. The molecule has 5 nitrogen and oxygen atoms in total. The fourth-order valence-electron chi connectivity index (χ4n) is 10.6. The van der Waals surface area contributed by atoms with Crippen LogP contribution in [0.1, 0.15) is 118 Å². The molecule has 3 heterocycles. The number of nitrogens with zero attached hydrogens (tertiary/aromatic N) is 4. The molecule has 6 heteroatoms. The fraction of sp³-hybridized carbons (Fsp3) is 0.265. The molecule has 0 spiro atoms. The van der Waals surface area contributed by atoms with Crippen LogP contribution in [0.2, 0.25) is 0 Å². The Balaban J connectivity index is 0.00000672. The van der Waals surface area contributed by atoms with E-state index in [1.165, 1.54) is 44.8 Å². The van der Waals surface area contributed by atoms with Crippen LogP contribution in [0.15, 0.2) is 187 Å². The summed E-state index contributed by atoms with van der Waals surface area (Å²) in [6, 6.07) is 68.5. The van der Waals surface area contributed by atoms with Crippen LogP contribution in [0.5, 0.6) is 11.5 Å². The van der Waals surface area contributed by atoms with Gasteiger partial charge in [-0.2, -0.15) is 6.07 Å². The first-order valence-corrected chi connectivity index (χ1v) is 25.8. The van der Waals surface area contributed by atoms with Crippen molar-refractivity contribution in [2.24, 2.45) is 10.8 Å². The Kier molecular flexibility index (Phi) is 13.8.